The van der Waals surface area contributed by atoms with Crippen molar-refractivity contribution in [2.75, 3.05) is 25.0 Å². The molecule has 0 aromatic heterocycles. The van der Waals surface area contributed by atoms with Crippen molar-refractivity contribution in [1.29, 1.82) is 0 Å². The first-order chi connectivity index (χ1) is 8.95. The van der Waals surface area contributed by atoms with Crippen molar-refractivity contribution < 1.29 is 14.7 Å². The average molecular weight is 285 g/mol. The fourth-order valence-electron chi connectivity index (χ4n) is 1.71. The van der Waals surface area contributed by atoms with E-state index in [0.717, 1.165) is 0 Å². The summed E-state index contributed by atoms with van der Waals surface area (Å²) in [6.45, 7) is 1.88. The van der Waals surface area contributed by atoms with E-state index in [-0.39, 0.29) is 18.4 Å². The number of rotatable bonds is 6. The van der Waals surface area contributed by atoms with Crippen LogP contribution in [0.3, 0.4) is 0 Å². The van der Waals surface area contributed by atoms with Gasteiger partial charge in [-0.3, -0.25) is 9.59 Å². The summed E-state index contributed by atoms with van der Waals surface area (Å²) in [5, 5.41) is 12.4. The lowest BCUT2D eigenvalue weighted by molar-refractivity contribution is -0.137. The summed E-state index contributed by atoms with van der Waals surface area (Å²) in [5.74, 6) is -1.60. The molecule has 1 amide bonds. The normalized spacial score (nSPS) is 11.9. The van der Waals surface area contributed by atoms with Crippen molar-refractivity contribution in [2.24, 2.45) is 5.92 Å². The fourth-order valence-corrected chi connectivity index (χ4v) is 1.84. The van der Waals surface area contributed by atoms with Gasteiger partial charge in [-0.2, -0.15) is 0 Å². The first-order valence-electron chi connectivity index (χ1n) is 5.89. The maximum atomic E-state index is 12.2. The van der Waals surface area contributed by atoms with Gasteiger partial charge in [-0.15, -0.1) is 0 Å². The maximum Gasteiger partial charge on any atom is 0.323 e. The van der Waals surface area contributed by atoms with Crippen LogP contribution in [0.15, 0.2) is 24.3 Å². The van der Waals surface area contributed by atoms with Gasteiger partial charge in [0.1, 0.15) is 6.54 Å². The van der Waals surface area contributed by atoms with E-state index >= 15 is 0 Å². The predicted octanol–water partition coefficient (Wildman–Crippen LogP) is 1.61. The number of carbonyl (C=O) groups excluding carboxylic acids is 1. The Labute approximate surface area is 117 Å². The molecule has 0 radical (unpaired) electrons. The molecule has 19 heavy (non-hydrogen) atoms. The summed E-state index contributed by atoms with van der Waals surface area (Å²) >= 11 is 5.78. The number of hydrogen-bond acceptors (Lipinski definition) is 3. The molecule has 1 unspecified atom stereocenters. The Morgan fingerprint density at radius 1 is 1.37 bits per heavy atom. The lowest BCUT2D eigenvalue weighted by Crippen LogP contribution is -2.41. The fraction of sp³-hybridized carbons (Fsp3) is 0.385. The third kappa shape index (κ3) is 4.54. The Hall–Kier alpha value is -1.59. The molecule has 0 bridgehead atoms. The molecule has 0 aliphatic heterocycles. The average Bonchev–Trinajstić information content (AvgIpc) is 2.36. The highest BCUT2D eigenvalue weighted by Gasteiger charge is 2.23. The number of hydrogen-bond donors (Lipinski definition) is 2. The second kappa shape index (κ2) is 7.11. The number of carboxylic acids is 1. The highest BCUT2D eigenvalue weighted by Crippen LogP contribution is 2.19. The molecular formula is C13H17ClN2O3. The smallest absolute Gasteiger partial charge is 0.323 e. The summed E-state index contributed by atoms with van der Waals surface area (Å²) in [6.07, 6.45) is 0. The van der Waals surface area contributed by atoms with Crippen molar-refractivity contribution >= 4 is 29.2 Å². The number of nitrogens with zero attached hydrogens (tertiary/aromatic N) is 1. The number of amides is 1. The van der Waals surface area contributed by atoms with Crippen molar-refractivity contribution in [3.8, 4) is 0 Å². The minimum atomic E-state index is -1.06. The Balaban J connectivity index is 2.97. The highest BCUT2D eigenvalue weighted by atomic mass is 35.5. The van der Waals surface area contributed by atoms with E-state index in [9.17, 15) is 9.59 Å². The number of carbonyl (C=O) groups is 2. The third-order valence-corrected chi connectivity index (χ3v) is 2.88. The minimum absolute atomic E-state index is 0.237. The third-order valence-electron chi connectivity index (χ3n) is 2.63. The molecule has 6 heteroatoms. The van der Waals surface area contributed by atoms with Crippen molar-refractivity contribution in [3.05, 3.63) is 29.3 Å². The van der Waals surface area contributed by atoms with Gasteiger partial charge in [0.15, 0.2) is 0 Å². The minimum Gasteiger partial charge on any atom is -0.480 e. The van der Waals surface area contributed by atoms with Crippen LogP contribution in [0.4, 0.5) is 5.69 Å². The molecule has 2 N–H and O–H groups in total. The van der Waals surface area contributed by atoms with E-state index in [1.807, 2.05) is 0 Å². The van der Waals surface area contributed by atoms with Gasteiger partial charge >= 0.3 is 5.97 Å². The van der Waals surface area contributed by atoms with Crippen LogP contribution in [-0.2, 0) is 9.59 Å². The van der Waals surface area contributed by atoms with E-state index < -0.39 is 5.97 Å². The van der Waals surface area contributed by atoms with Crippen LogP contribution in [-0.4, -0.2) is 37.1 Å². The molecular weight excluding hydrogens is 268 g/mol. The Kier molecular flexibility index (Phi) is 5.79. The molecule has 0 spiro atoms. The summed E-state index contributed by atoms with van der Waals surface area (Å²) in [7, 11) is 1.74. The van der Waals surface area contributed by atoms with Crippen LogP contribution in [0, 0.1) is 5.92 Å². The van der Waals surface area contributed by atoms with E-state index in [4.69, 9.17) is 16.7 Å². The largest absolute Gasteiger partial charge is 0.480 e. The van der Waals surface area contributed by atoms with Gasteiger partial charge in [0.05, 0.1) is 0 Å². The van der Waals surface area contributed by atoms with Crippen LogP contribution in [0.25, 0.3) is 0 Å². The lowest BCUT2D eigenvalue weighted by Gasteiger charge is -2.24. The highest BCUT2D eigenvalue weighted by molar-refractivity contribution is 6.30. The van der Waals surface area contributed by atoms with Gasteiger partial charge in [-0.05, 0) is 31.3 Å². The van der Waals surface area contributed by atoms with Crippen molar-refractivity contribution in [1.82, 2.24) is 5.32 Å². The Bertz CT molecular complexity index is 448. The van der Waals surface area contributed by atoms with E-state index in [0.29, 0.717) is 17.3 Å². The summed E-state index contributed by atoms with van der Waals surface area (Å²) in [4.78, 5) is 24.4. The zero-order valence-electron chi connectivity index (χ0n) is 10.9. The number of nitrogens with one attached hydrogen (secondary N) is 1. The molecule has 5 nitrogen and oxygen atoms in total. The molecule has 1 aromatic rings. The van der Waals surface area contributed by atoms with Gasteiger partial charge < -0.3 is 15.3 Å². The van der Waals surface area contributed by atoms with Crippen molar-refractivity contribution in [2.45, 2.75) is 6.92 Å². The molecule has 0 saturated carbocycles. The van der Waals surface area contributed by atoms with Gasteiger partial charge in [0.25, 0.3) is 0 Å². The molecule has 1 aromatic carbocycles. The van der Waals surface area contributed by atoms with Crippen LogP contribution >= 0.6 is 11.6 Å². The van der Waals surface area contributed by atoms with E-state index in [1.54, 1.807) is 38.2 Å². The molecule has 0 aliphatic carbocycles. The van der Waals surface area contributed by atoms with Crippen LogP contribution in [0.2, 0.25) is 5.02 Å². The Morgan fingerprint density at radius 2 is 1.95 bits per heavy atom. The molecule has 0 heterocycles. The number of aliphatic carboxylic acids is 1. The first kappa shape index (κ1) is 15.5. The SMILES string of the molecule is CNCC(C)C(=O)N(CC(=O)O)c1ccc(Cl)cc1. The predicted molar refractivity (Wildman–Crippen MR) is 74.5 cm³/mol. The monoisotopic (exact) mass is 284 g/mol. The van der Waals surface area contributed by atoms with Crippen LogP contribution in [0.5, 0.6) is 0 Å². The standard InChI is InChI=1S/C13H17ClN2O3/c1-9(7-15-2)13(19)16(8-12(17)18)11-5-3-10(14)4-6-11/h3-6,9,15H,7-8H2,1-2H3,(H,17,18). The van der Waals surface area contributed by atoms with E-state index in [1.165, 1.54) is 4.90 Å². The van der Waals surface area contributed by atoms with Gasteiger partial charge in [-0.25, -0.2) is 0 Å². The second-order valence-corrected chi connectivity index (χ2v) is 4.69. The van der Waals surface area contributed by atoms with Crippen LogP contribution in [0.1, 0.15) is 6.92 Å². The zero-order chi connectivity index (χ0) is 14.4. The second-order valence-electron chi connectivity index (χ2n) is 4.25. The lowest BCUT2D eigenvalue weighted by atomic mass is 10.1. The van der Waals surface area contributed by atoms with Gasteiger partial charge in [0, 0.05) is 23.2 Å². The molecule has 0 fully saturated rings. The maximum absolute atomic E-state index is 12.2. The molecule has 1 atom stereocenters. The Morgan fingerprint density at radius 3 is 2.42 bits per heavy atom. The van der Waals surface area contributed by atoms with Crippen LogP contribution < -0.4 is 10.2 Å². The number of carboxylic acid groups (broad SMARTS) is 1. The first-order valence-corrected chi connectivity index (χ1v) is 6.26. The molecule has 104 valence electrons. The number of benzene rings is 1. The summed E-state index contributed by atoms with van der Waals surface area (Å²) in [6, 6.07) is 6.52. The van der Waals surface area contributed by atoms with Crippen molar-refractivity contribution in [3.63, 3.8) is 0 Å². The van der Waals surface area contributed by atoms with Gasteiger partial charge in [0.2, 0.25) is 5.91 Å². The summed E-state index contributed by atoms with van der Waals surface area (Å²) in [5.41, 5.74) is 0.528. The number of halogens is 1. The topological polar surface area (TPSA) is 69.6 Å². The number of anilines is 1. The summed E-state index contributed by atoms with van der Waals surface area (Å²) < 4.78 is 0. The zero-order valence-corrected chi connectivity index (χ0v) is 11.6. The van der Waals surface area contributed by atoms with E-state index in [2.05, 4.69) is 5.32 Å². The van der Waals surface area contributed by atoms with Gasteiger partial charge in [-0.1, -0.05) is 18.5 Å². The quantitative estimate of drug-likeness (QED) is 0.833. The molecule has 1 rings (SSSR count). The molecule has 0 aliphatic rings. The molecule has 0 saturated heterocycles.